The van der Waals surface area contributed by atoms with Crippen LogP contribution in [0.5, 0.6) is 5.75 Å². The number of ether oxygens (including phenoxy) is 1. The van der Waals surface area contributed by atoms with Crippen LogP contribution in [-0.4, -0.2) is 0 Å². The molecule has 0 amide bonds. The second-order valence-corrected chi connectivity index (χ2v) is 12.1. The number of rotatable bonds is 15. The second-order valence-electron chi connectivity index (χ2n) is 12.1. The Bertz CT molecular complexity index is 1040. The van der Waals surface area contributed by atoms with Crippen molar-refractivity contribution in [1.29, 1.82) is 0 Å². The Morgan fingerprint density at radius 3 is 2.05 bits per heavy atom. The lowest BCUT2D eigenvalue weighted by molar-refractivity contribution is -0.188. The minimum Gasteiger partial charge on any atom is -0.425 e. The van der Waals surface area contributed by atoms with Crippen molar-refractivity contribution < 1.29 is 17.9 Å². The minimum absolute atomic E-state index is 0.122. The van der Waals surface area contributed by atoms with Gasteiger partial charge in [0.2, 0.25) is 0 Å². The van der Waals surface area contributed by atoms with Crippen LogP contribution in [-0.2, 0) is 12.5 Å². The second kappa shape index (κ2) is 14.6. The molecule has 2 aliphatic rings. The topological polar surface area (TPSA) is 9.23 Å². The molecule has 0 saturated heterocycles. The molecule has 39 heavy (non-hydrogen) atoms. The van der Waals surface area contributed by atoms with Crippen LogP contribution < -0.4 is 4.74 Å². The molecule has 1 nitrogen and oxygen atoms in total. The summed E-state index contributed by atoms with van der Waals surface area (Å²) in [5, 5.41) is 0. The first-order chi connectivity index (χ1) is 18.9. The van der Waals surface area contributed by atoms with Crippen molar-refractivity contribution in [3.8, 4) is 16.9 Å². The van der Waals surface area contributed by atoms with E-state index in [1.165, 1.54) is 70.6 Å². The summed E-state index contributed by atoms with van der Waals surface area (Å²) in [4.78, 5) is 0. The van der Waals surface area contributed by atoms with Crippen molar-refractivity contribution in [3.05, 3.63) is 52.8 Å². The lowest BCUT2D eigenvalue weighted by Crippen LogP contribution is -2.28. The van der Waals surface area contributed by atoms with Gasteiger partial charge < -0.3 is 4.74 Å². The van der Waals surface area contributed by atoms with Gasteiger partial charge >= 0.3 is 6.11 Å². The van der Waals surface area contributed by atoms with Crippen molar-refractivity contribution in [3.63, 3.8) is 0 Å². The molecule has 4 rings (SSSR count). The Morgan fingerprint density at radius 2 is 1.36 bits per heavy atom. The monoisotopic (exact) mass is 542 g/mol. The van der Waals surface area contributed by atoms with Gasteiger partial charge in [-0.25, -0.2) is 4.39 Å². The van der Waals surface area contributed by atoms with Crippen LogP contribution in [0.2, 0.25) is 0 Å². The summed E-state index contributed by atoms with van der Waals surface area (Å²) in [6.07, 6.45) is 17.7. The Hall–Kier alpha value is -1.97. The summed E-state index contributed by atoms with van der Waals surface area (Å²) < 4.78 is 50.8. The zero-order valence-corrected chi connectivity index (χ0v) is 24.3. The molecule has 0 unspecified atom stereocenters. The summed E-state index contributed by atoms with van der Waals surface area (Å²) in [5.41, 5.74) is 2.14. The molecular formula is C35H49F3O. The summed E-state index contributed by atoms with van der Waals surface area (Å²) in [6.45, 7) is 4.39. The molecule has 216 valence electrons. The zero-order chi connectivity index (χ0) is 27.7. The third kappa shape index (κ3) is 7.82. The Kier molecular flexibility index (Phi) is 11.2. The van der Waals surface area contributed by atoms with E-state index in [1.807, 2.05) is 6.07 Å². The number of alkyl halides is 2. The molecule has 1 fully saturated rings. The fourth-order valence-corrected chi connectivity index (χ4v) is 6.67. The molecule has 1 aliphatic carbocycles. The van der Waals surface area contributed by atoms with Crippen LogP contribution in [0.3, 0.4) is 0 Å². The van der Waals surface area contributed by atoms with E-state index in [0.29, 0.717) is 29.0 Å². The minimum atomic E-state index is -3.53. The lowest BCUT2D eigenvalue weighted by atomic mass is 9.76. The van der Waals surface area contributed by atoms with E-state index in [4.69, 9.17) is 4.74 Å². The number of fused-ring (bicyclic) bond motifs is 3. The maximum absolute atomic E-state index is 15.2. The van der Waals surface area contributed by atoms with Crippen molar-refractivity contribution in [2.75, 3.05) is 0 Å². The molecule has 2 aromatic rings. The third-order valence-corrected chi connectivity index (χ3v) is 9.14. The van der Waals surface area contributed by atoms with E-state index in [0.717, 1.165) is 50.0 Å². The molecule has 0 aromatic heterocycles. The first kappa shape index (κ1) is 30.0. The van der Waals surface area contributed by atoms with Crippen molar-refractivity contribution in [2.24, 2.45) is 5.92 Å². The number of aryl methyl sites for hydroxylation is 1. The fourth-order valence-electron chi connectivity index (χ4n) is 6.67. The van der Waals surface area contributed by atoms with Crippen LogP contribution >= 0.6 is 0 Å². The number of benzene rings is 2. The molecule has 4 heteroatoms. The van der Waals surface area contributed by atoms with E-state index in [1.54, 1.807) is 24.3 Å². The molecule has 1 aliphatic heterocycles. The number of hydrogen-bond donors (Lipinski definition) is 0. The highest BCUT2D eigenvalue weighted by Crippen LogP contribution is 2.50. The van der Waals surface area contributed by atoms with Crippen LogP contribution in [0.15, 0.2) is 30.3 Å². The van der Waals surface area contributed by atoms with Crippen LogP contribution in [0, 0.1) is 11.7 Å². The van der Waals surface area contributed by atoms with Gasteiger partial charge in [-0.15, -0.1) is 0 Å². The average molecular weight is 543 g/mol. The van der Waals surface area contributed by atoms with E-state index in [9.17, 15) is 0 Å². The third-order valence-electron chi connectivity index (χ3n) is 9.14. The van der Waals surface area contributed by atoms with E-state index in [-0.39, 0.29) is 11.3 Å². The Labute approximate surface area is 234 Å². The van der Waals surface area contributed by atoms with Gasteiger partial charge in [-0.1, -0.05) is 115 Å². The number of halogens is 3. The normalized spacial score (nSPS) is 19.8. The predicted molar refractivity (Wildman–Crippen MR) is 156 cm³/mol. The maximum atomic E-state index is 15.2. The molecule has 0 atom stereocenters. The molecule has 1 heterocycles. The zero-order valence-electron chi connectivity index (χ0n) is 24.3. The number of hydrogen-bond acceptors (Lipinski definition) is 1. The van der Waals surface area contributed by atoms with E-state index in [2.05, 4.69) is 13.8 Å². The lowest BCUT2D eigenvalue weighted by Gasteiger charge is -2.32. The van der Waals surface area contributed by atoms with Crippen LogP contribution in [0.1, 0.15) is 146 Å². The summed E-state index contributed by atoms with van der Waals surface area (Å²) >= 11 is 0. The Morgan fingerprint density at radius 1 is 0.744 bits per heavy atom. The van der Waals surface area contributed by atoms with Crippen LogP contribution in [0.25, 0.3) is 11.1 Å². The van der Waals surface area contributed by atoms with Gasteiger partial charge in [0, 0.05) is 5.56 Å². The van der Waals surface area contributed by atoms with Crippen molar-refractivity contribution >= 4 is 0 Å². The molecule has 0 radical (unpaired) electrons. The highest BCUT2D eigenvalue weighted by Gasteiger charge is 2.44. The van der Waals surface area contributed by atoms with Gasteiger partial charge in [0.05, 0.1) is 5.56 Å². The maximum Gasteiger partial charge on any atom is 0.427 e. The van der Waals surface area contributed by atoms with E-state index >= 15 is 13.2 Å². The standard InChI is InChI=1S/C35H49F3O/c1-3-5-7-9-10-11-12-13-15-26-17-19-27(20-18-26)29-22-23-30-31-24-21-28(16-14-8-6-4-2)33(36)34(31)39-35(37,38)32(30)25-29/h21-27H,3-20H2,1-2H3. The van der Waals surface area contributed by atoms with Gasteiger partial charge in [0.15, 0.2) is 11.6 Å². The highest BCUT2D eigenvalue weighted by molar-refractivity contribution is 5.77. The SMILES string of the molecule is CCCCCCCCCCC1CCC(c2ccc3c(c2)C(F)(F)Oc2c-3ccc(CCCCCC)c2F)CC1. The number of unbranched alkanes of at least 4 members (excludes halogenated alkanes) is 10. The Balaban J connectivity index is 1.34. The first-order valence-electron chi connectivity index (χ1n) is 16.0. The molecule has 0 N–H and O–H groups in total. The quantitative estimate of drug-likeness (QED) is 0.203. The van der Waals surface area contributed by atoms with Gasteiger partial charge in [-0.3, -0.25) is 0 Å². The van der Waals surface area contributed by atoms with E-state index < -0.39 is 11.9 Å². The van der Waals surface area contributed by atoms with Crippen LogP contribution in [0.4, 0.5) is 13.2 Å². The summed E-state index contributed by atoms with van der Waals surface area (Å²) in [5.74, 6) is 0.155. The van der Waals surface area contributed by atoms with Gasteiger partial charge in [0.1, 0.15) is 0 Å². The summed E-state index contributed by atoms with van der Waals surface area (Å²) in [7, 11) is 0. The summed E-state index contributed by atoms with van der Waals surface area (Å²) in [6, 6.07) is 8.91. The molecule has 1 saturated carbocycles. The van der Waals surface area contributed by atoms with Gasteiger partial charge in [-0.2, -0.15) is 8.78 Å². The largest absolute Gasteiger partial charge is 0.427 e. The highest BCUT2D eigenvalue weighted by atomic mass is 19.3. The fraction of sp³-hybridized carbons (Fsp3) is 0.657. The molecule has 2 aromatic carbocycles. The average Bonchev–Trinajstić information content (AvgIpc) is 2.94. The first-order valence-corrected chi connectivity index (χ1v) is 16.0. The van der Waals surface area contributed by atoms with Crippen molar-refractivity contribution in [2.45, 2.75) is 141 Å². The van der Waals surface area contributed by atoms with Crippen molar-refractivity contribution in [1.82, 2.24) is 0 Å². The van der Waals surface area contributed by atoms with Gasteiger partial charge in [0.25, 0.3) is 0 Å². The smallest absolute Gasteiger partial charge is 0.425 e. The molecule has 0 bridgehead atoms. The predicted octanol–water partition coefficient (Wildman–Crippen LogP) is 11.9. The molecular weight excluding hydrogens is 493 g/mol. The van der Waals surface area contributed by atoms with Gasteiger partial charge in [-0.05, 0) is 73.1 Å². The molecule has 0 spiro atoms.